The van der Waals surface area contributed by atoms with Crippen LogP contribution in [0.15, 0.2) is 12.7 Å². The van der Waals surface area contributed by atoms with Gasteiger partial charge in [0.15, 0.2) is 0 Å². The molecule has 0 aromatic carbocycles. The normalized spacial score (nSPS) is 20.0. The van der Waals surface area contributed by atoms with Gasteiger partial charge in [-0.25, -0.2) is 0 Å². The maximum atomic E-state index is 11.1. The van der Waals surface area contributed by atoms with E-state index in [0.29, 0.717) is 26.3 Å². The fourth-order valence-corrected chi connectivity index (χ4v) is 1.78. The van der Waals surface area contributed by atoms with E-state index in [1.807, 2.05) is 0 Å². The Kier molecular flexibility index (Phi) is 3.86. The van der Waals surface area contributed by atoms with Gasteiger partial charge in [0.1, 0.15) is 0 Å². The lowest BCUT2D eigenvalue weighted by Gasteiger charge is -2.24. The summed E-state index contributed by atoms with van der Waals surface area (Å²) in [5, 5.41) is 1.39. The van der Waals surface area contributed by atoms with Crippen LogP contribution < -0.4 is 0 Å². The van der Waals surface area contributed by atoms with E-state index in [9.17, 15) is 8.42 Å². The van der Waals surface area contributed by atoms with Crippen molar-refractivity contribution >= 4 is 10.1 Å². The van der Waals surface area contributed by atoms with E-state index in [2.05, 4.69) is 6.58 Å². The predicted octanol–water partition coefficient (Wildman–Crippen LogP) is -0.234. The summed E-state index contributed by atoms with van der Waals surface area (Å²) in [4.78, 5) is 0. The highest BCUT2D eigenvalue weighted by Gasteiger charge is 2.18. The van der Waals surface area contributed by atoms with Crippen LogP contribution in [0.4, 0.5) is 0 Å². The van der Waals surface area contributed by atoms with Crippen molar-refractivity contribution in [2.45, 2.75) is 0 Å². The smallest absolute Gasteiger partial charge is 0.287 e. The van der Waals surface area contributed by atoms with Gasteiger partial charge in [-0.3, -0.25) is 0 Å². The third kappa shape index (κ3) is 3.86. The Bertz CT molecular complexity index is 256. The molecule has 1 rings (SSSR count). The molecule has 0 spiro atoms. The van der Waals surface area contributed by atoms with Gasteiger partial charge >= 0.3 is 0 Å². The summed E-state index contributed by atoms with van der Waals surface area (Å²) in [6.07, 6.45) is 1.30. The summed E-state index contributed by atoms with van der Waals surface area (Å²) in [7, 11) is -3.48. The maximum Gasteiger partial charge on any atom is 0.287 e. The Morgan fingerprint density at radius 2 is 2.08 bits per heavy atom. The quantitative estimate of drug-likeness (QED) is 0.596. The molecule has 0 aromatic rings. The molecule has 6 heteroatoms. The first-order chi connectivity index (χ1) is 6.14. The minimum atomic E-state index is -3.48. The van der Waals surface area contributed by atoms with Gasteiger partial charge in [0.25, 0.3) is 10.1 Å². The van der Waals surface area contributed by atoms with E-state index in [4.69, 9.17) is 9.02 Å². The molecule has 76 valence electrons. The molecule has 0 atom stereocenters. The summed E-state index contributed by atoms with van der Waals surface area (Å²) < 4.78 is 32.1. The Balaban J connectivity index is 2.41. The molecule has 0 amide bonds. The van der Waals surface area contributed by atoms with Crippen LogP contribution in [-0.2, 0) is 19.1 Å². The van der Waals surface area contributed by atoms with E-state index in [1.165, 1.54) is 11.1 Å². The highest BCUT2D eigenvalue weighted by atomic mass is 32.2. The maximum absolute atomic E-state index is 11.1. The molecule has 1 saturated heterocycles. The van der Waals surface area contributed by atoms with Crippen LogP contribution in [0.5, 0.6) is 0 Å². The second-order valence-electron chi connectivity index (χ2n) is 2.63. The first-order valence-electron chi connectivity index (χ1n) is 4.00. The number of hydrogen-bond donors (Lipinski definition) is 0. The van der Waals surface area contributed by atoms with Crippen molar-refractivity contribution in [2.24, 2.45) is 0 Å². The minimum absolute atomic E-state index is 0.162. The van der Waals surface area contributed by atoms with Gasteiger partial charge in [0.05, 0.1) is 19.0 Å². The monoisotopic (exact) mass is 207 g/mol. The van der Waals surface area contributed by atoms with Crippen LogP contribution in [0.25, 0.3) is 0 Å². The molecule has 0 unspecified atom stereocenters. The predicted molar refractivity (Wildman–Crippen MR) is 47.5 cm³/mol. The van der Waals surface area contributed by atoms with Gasteiger partial charge in [-0.1, -0.05) is 6.08 Å². The zero-order valence-electron chi connectivity index (χ0n) is 7.31. The van der Waals surface area contributed by atoms with Crippen molar-refractivity contribution < 1.29 is 17.4 Å². The van der Waals surface area contributed by atoms with E-state index >= 15 is 0 Å². The van der Waals surface area contributed by atoms with Crippen molar-refractivity contribution in [1.82, 2.24) is 5.06 Å². The van der Waals surface area contributed by atoms with Gasteiger partial charge in [-0.2, -0.15) is 17.8 Å². The molecule has 0 aromatic heterocycles. The Hall–Kier alpha value is -0.430. The number of ether oxygens (including phenoxy) is 1. The molecule has 0 saturated carbocycles. The summed E-state index contributed by atoms with van der Waals surface area (Å²) in [5.74, 6) is -0.162. The van der Waals surface area contributed by atoms with E-state index < -0.39 is 10.1 Å². The second kappa shape index (κ2) is 4.71. The molecule has 0 N–H and O–H groups in total. The lowest BCUT2D eigenvalue weighted by molar-refractivity contribution is -0.113. The molecule has 5 nitrogen and oxygen atoms in total. The number of nitrogens with zero attached hydrogens (tertiary/aromatic N) is 1. The average Bonchev–Trinajstić information content (AvgIpc) is 2.04. The fraction of sp³-hybridized carbons (Fsp3) is 0.714. The van der Waals surface area contributed by atoms with Crippen molar-refractivity contribution in [3.8, 4) is 0 Å². The van der Waals surface area contributed by atoms with Crippen molar-refractivity contribution in [2.75, 3.05) is 32.1 Å². The van der Waals surface area contributed by atoms with Crippen LogP contribution in [0, 0.1) is 0 Å². The van der Waals surface area contributed by atoms with Gasteiger partial charge < -0.3 is 4.74 Å². The van der Waals surface area contributed by atoms with Crippen LogP contribution in [0.1, 0.15) is 0 Å². The van der Waals surface area contributed by atoms with Crippen LogP contribution in [0.2, 0.25) is 0 Å². The molecule has 1 heterocycles. The molecular formula is C7H13NO4S. The Morgan fingerprint density at radius 3 is 2.62 bits per heavy atom. The van der Waals surface area contributed by atoms with Gasteiger partial charge in [0, 0.05) is 13.1 Å². The second-order valence-corrected chi connectivity index (χ2v) is 4.23. The highest BCUT2D eigenvalue weighted by molar-refractivity contribution is 7.86. The van der Waals surface area contributed by atoms with Gasteiger partial charge in [-0.15, -0.1) is 6.58 Å². The molecule has 0 radical (unpaired) electrons. The zero-order valence-corrected chi connectivity index (χ0v) is 8.12. The first-order valence-corrected chi connectivity index (χ1v) is 5.57. The molecular weight excluding hydrogens is 194 g/mol. The number of rotatable bonds is 4. The SMILES string of the molecule is C=CCS(=O)(=O)ON1CCOCC1. The summed E-state index contributed by atoms with van der Waals surface area (Å²) in [5.41, 5.74) is 0. The van der Waals surface area contributed by atoms with Crippen LogP contribution in [-0.4, -0.2) is 45.5 Å². The largest absolute Gasteiger partial charge is 0.379 e. The van der Waals surface area contributed by atoms with E-state index in [-0.39, 0.29) is 5.75 Å². The molecule has 1 aliphatic heterocycles. The molecule has 13 heavy (non-hydrogen) atoms. The molecule has 0 aliphatic carbocycles. The number of morpholine rings is 1. The minimum Gasteiger partial charge on any atom is -0.379 e. The van der Waals surface area contributed by atoms with Crippen LogP contribution in [0.3, 0.4) is 0 Å². The summed E-state index contributed by atoms with van der Waals surface area (Å²) >= 11 is 0. The van der Waals surface area contributed by atoms with E-state index in [1.54, 1.807) is 0 Å². The van der Waals surface area contributed by atoms with Gasteiger partial charge in [-0.05, 0) is 0 Å². The summed E-state index contributed by atoms with van der Waals surface area (Å²) in [6.45, 7) is 5.31. The van der Waals surface area contributed by atoms with Crippen LogP contribution >= 0.6 is 0 Å². The zero-order chi connectivity index (χ0) is 9.73. The average molecular weight is 207 g/mol. The molecule has 0 bridgehead atoms. The molecule has 1 aliphatic rings. The topological polar surface area (TPSA) is 55.8 Å². The Labute approximate surface area is 78.0 Å². The fourth-order valence-electron chi connectivity index (χ4n) is 0.957. The lowest BCUT2D eigenvalue weighted by Crippen LogP contribution is -2.38. The third-order valence-electron chi connectivity index (χ3n) is 1.51. The standard InChI is InChI=1S/C7H13NO4S/c1-2-7-13(9,10)12-8-3-5-11-6-4-8/h2H,1,3-7H2. The number of hydroxylamine groups is 2. The van der Waals surface area contributed by atoms with Crippen molar-refractivity contribution in [3.05, 3.63) is 12.7 Å². The number of hydrogen-bond acceptors (Lipinski definition) is 5. The Morgan fingerprint density at radius 1 is 1.46 bits per heavy atom. The first kappa shape index (κ1) is 10.6. The van der Waals surface area contributed by atoms with Crippen molar-refractivity contribution in [3.63, 3.8) is 0 Å². The van der Waals surface area contributed by atoms with Crippen molar-refractivity contribution in [1.29, 1.82) is 0 Å². The van der Waals surface area contributed by atoms with Gasteiger partial charge in [0.2, 0.25) is 0 Å². The van der Waals surface area contributed by atoms with E-state index in [0.717, 1.165) is 0 Å². The molecule has 1 fully saturated rings. The lowest BCUT2D eigenvalue weighted by atomic mass is 10.5. The highest BCUT2D eigenvalue weighted by Crippen LogP contribution is 2.03. The third-order valence-corrected chi connectivity index (χ3v) is 2.59. The summed E-state index contributed by atoms with van der Waals surface area (Å²) in [6, 6.07) is 0.